The first-order valence-electron chi connectivity index (χ1n) is 9.35. The van der Waals surface area contributed by atoms with Gasteiger partial charge in [-0.1, -0.05) is 23.7 Å². The van der Waals surface area contributed by atoms with E-state index in [1.807, 2.05) is 0 Å². The Morgan fingerprint density at radius 1 is 1.00 bits per heavy atom. The van der Waals surface area contributed by atoms with E-state index in [-0.39, 0.29) is 23.2 Å². The fourth-order valence-corrected chi connectivity index (χ4v) is 3.37. The van der Waals surface area contributed by atoms with Crippen LogP contribution in [0.25, 0.3) is 6.08 Å². The van der Waals surface area contributed by atoms with Gasteiger partial charge in [0.1, 0.15) is 23.9 Å². The molecule has 7 heteroatoms. The number of halogens is 2. The van der Waals surface area contributed by atoms with Crippen LogP contribution in [0.4, 0.5) is 4.39 Å². The number of fused-ring (bicyclic) bond motifs is 1. The van der Waals surface area contributed by atoms with Crippen molar-refractivity contribution < 1.29 is 28.1 Å². The molecule has 0 unspecified atom stereocenters. The zero-order valence-electron chi connectivity index (χ0n) is 16.8. The quantitative estimate of drug-likeness (QED) is 0.461. The van der Waals surface area contributed by atoms with E-state index in [9.17, 15) is 9.18 Å². The third-order valence-corrected chi connectivity index (χ3v) is 5.11. The predicted octanol–water partition coefficient (Wildman–Crippen LogP) is 5.69. The van der Waals surface area contributed by atoms with Crippen LogP contribution in [0.3, 0.4) is 0 Å². The van der Waals surface area contributed by atoms with Gasteiger partial charge in [-0.3, -0.25) is 4.79 Å². The van der Waals surface area contributed by atoms with Crippen LogP contribution in [0.5, 0.6) is 23.0 Å². The second-order valence-electron chi connectivity index (χ2n) is 6.74. The maximum atomic E-state index is 13.2. The van der Waals surface area contributed by atoms with E-state index in [1.165, 1.54) is 12.1 Å². The summed E-state index contributed by atoms with van der Waals surface area (Å²) in [7, 11) is 3.10. The van der Waals surface area contributed by atoms with Gasteiger partial charge in [0, 0.05) is 11.6 Å². The Morgan fingerprint density at radius 3 is 2.55 bits per heavy atom. The number of methoxy groups -OCH3 is 2. The minimum Gasteiger partial charge on any atom is -0.493 e. The molecule has 0 aliphatic carbocycles. The summed E-state index contributed by atoms with van der Waals surface area (Å²) in [5, 5.41) is 0.285. The summed E-state index contributed by atoms with van der Waals surface area (Å²) >= 11 is 6.03. The first-order chi connectivity index (χ1) is 15.0. The summed E-state index contributed by atoms with van der Waals surface area (Å²) in [5.41, 5.74) is 1.82. The highest BCUT2D eigenvalue weighted by molar-refractivity contribution is 6.31. The highest BCUT2D eigenvalue weighted by atomic mass is 35.5. The smallest absolute Gasteiger partial charge is 0.231 e. The molecule has 0 bridgehead atoms. The molecule has 0 aromatic heterocycles. The Hall–Kier alpha value is -3.51. The molecule has 158 valence electrons. The van der Waals surface area contributed by atoms with E-state index < -0.39 is 5.82 Å². The molecule has 5 nitrogen and oxygen atoms in total. The van der Waals surface area contributed by atoms with Crippen molar-refractivity contribution in [1.82, 2.24) is 0 Å². The lowest BCUT2D eigenvalue weighted by Crippen LogP contribution is -1.98. The molecule has 0 atom stereocenters. The highest BCUT2D eigenvalue weighted by Crippen LogP contribution is 2.36. The Morgan fingerprint density at radius 2 is 1.81 bits per heavy atom. The van der Waals surface area contributed by atoms with Crippen molar-refractivity contribution in [3.63, 3.8) is 0 Å². The highest BCUT2D eigenvalue weighted by Gasteiger charge is 2.28. The summed E-state index contributed by atoms with van der Waals surface area (Å²) in [5.74, 6) is 1.61. The van der Waals surface area contributed by atoms with E-state index in [1.54, 1.807) is 62.8 Å². The van der Waals surface area contributed by atoms with Gasteiger partial charge in [-0.25, -0.2) is 4.39 Å². The van der Waals surface area contributed by atoms with Crippen molar-refractivity contribution in [1.29, 1.82) is 0 Å². The minimum absolute atomic E-state index is 0.153. The lowest BCUT2D eigenvalue weighted by molar-refractivity contribution is 0.101. The molecule has 1 aliphatic heterocycles. The lowest BCUT2D eigenvalue weighted by Gasteiger charge is -2.09. The van der Waals surface area contributed by atoms with Crippen molar-refractivity contribution in [2.24, 2.45) is 0 Å². The van der Waals surface area contributed by atoms with Gasteiger partial charge < -0.3 is 18.9 Å². The molecule has 3 aromatic carbocycles. The second kappa shape index (κ2) is 8.70. The Labute approximate surface area is 183 Å². The number of ketones is 1. The van der Waals surface area contributed by atoms with Gasteiger partial charge in [-0.05, 0) is 48.0 Å². The Kier molecular flexibility index (Phi) is 5.82. The first kappa shape index (κ1) is 20.8. The largest absolute Gasteiger partial charge is 0.493 e. The van der Waals surface area contributed by atoms with Crippen LogP contribution in [0, 0.1) is 5.82 Å². The Bertz CT molecular complexity index is 1190. The Balaban J connectivity index is 1.52. The SMILES string of the molecule is COc1ccc(/C=C2\Oc3cc(OCc4ccc(F)cc4Cl)ccc3C2=O)cc1OC. The van der Waals surface area contributed by atoms with Crippen LogP contribution in [-0.4, -0.2) is 20.0 Å². The van der Waals surface area contributed by atoms with Crippen LogP contribution < -0.4 is 18.9 Å². The number of Topliss-reactive ketones (excluding diaryl/α,β-unsaturated/α-hetero) is 1. The number of hydrogen-bond donors (Lipinski definition) is 0. The number of ether oxygens (including phenoxy) is 4. The van der Waals surface area contributed by atoms with Crippen molar-refractivity contribution in [3.05, 3.63) is 87.9 Å². The third kappa shape index (κ3) is 4.34. The van der Waals surface area contributed by atoms with E-state index in [4.69, 9.17) is 30.5 Å². The number of allylic oxidation sites excluding steroid dienone is 1. The maximum absolute atomic E-state index is 13.2. The molecular weight excluding hydrogens is 423 g/mol. The van der Waals surface area contributed by atoms with Crippen molar-refractivity contribution in [2.45, 2.75) is 6.61 Å². The van der Waals surface area contributed by atoms with Gasteiger partial charge in [-0.15, -0.1) is 0 Å². The third-order valence-electron chi connectivity index (χ3n) is 4.76. The molecule has 0 saturated heterocycles. The molecule has 3 aromatic rings. The van der Waals surface area contributed by atoms with Gasteiger partial charge >= 0.3 is 0 Å². The van der Waals surface area contributed by atoms with Crippen LogP contribution in [0.2, 0.25) is 5.02 Å². The van der Waals surface area contributed by atoms with Crippen LogP contribution >= 0.6 is 11.6 Å². The summed E-state index contributed by atoms with van der Waals surface area (Å²) in [4.78, 5) is 12.7. The molecule has 0 N–H and O–H groups in total. The number of carbonyl (C=O) groups is 1. The van der Waals surface area contributed by atoms with E-state index in [0.29, 0.717) is 34.1 Å². The summed E-state index contributed by atoms with van der Waals surface area (Å²) < 4.78 is 35.2. The van der Waals surface area contributed by atoms with Crippen LogP contribution in [0.1, 0.15) is 21.5 Å². The zero-order valence-corrected chi connectivity index (χ0v) is 17.5. The molecular formula is C24H18ClFO5. The fraction of sp³-hybridized carbons (Fsp3) is 0.125. The lowest BCUT2D eigenvalue weighted by atomic mass is 10.1. The fourth-order valence-electron chi connectivity index (χ4n) is 3.15. The second-order valence-corrected chi connectivity index (χ2v) is 7.14. The summed E-state index contributed by atoms with van der Waals surface area (Å²) in [6.45, 7) is 0.153. The number of carbonyl (C=O) groups excluding carboxylic acids is 1. The van der Waals surface area contributed by atoms with E-state index in [0.717, 1.165) is 5.56 Å². The molecule has 0 spiro atoms. The number of benzene rings is 3. The molecule has 4 rings (SSSR count). The van der Waals surface area contributed by atoms with E-state index in [2.05, 4.69) is 0 Å². The molecule has 0 saturated carbocycles. The van der Waals surface area contributed by atoms with Gasteiger partial charge in [0.05, 0.1) is 24.8 Å². The standard InChI is InChI=1S/C24H18ClFO5/c1-28-20-8-3-14(9-22(20)29-2)10-23-24(27)18-7-6-17(12-21(18)31-23)30-13-15-4-5-16(26)11-19(15)25/h3-12H,13H2,1-2H3/b23-10-. The topological polar surface area (TPSA) is 54.0 Å². The van der Waals surface area contributed by atoms with Gasteiger partial charge in [0.25, 0.3) is 0 Å². The van der Waals surface area contributed by atoms with Crippen molar-refractivity contribution in [3.8, 4) is 23.0 Å². The monoisotopic (exact) mass is 440 g/mol. The molecule has 0 fully saturated rings. The van der Waals surface area contributed by atoms with Gasteiger partial charge in [0.2, 0.25) is 5.78 Å². The van der Waals surface area contributed by atoms with Crippen LogP contribution in [-0.2, 0) is 6.61 Å². The summed E-state index contributed by atoms with van der Waals surface area (Å²) in [6.07, 6.45) is 1.64. The molecule has 0 amide bonds. The van der Waals surface area contributed by atoms with Crippen molar-refractivity contribution >= 4 is 23.5 Å². The predicted molar refractivity (Wildman–Crippen MR) is 115 cm³/mol. The van der Waals surface area contributed by atoms with Gasteiger partial charge in [0.15, 0.2) is 17.3 Å². The molecule has 1 aliphatic rings. The first-order valence-corrected chi connectivity index (χ1v) is 9.73. The minimum atomic E-state index is -0.410. The summed E-state index contributed by atoms with van der Waals surface area (Å²) in [6, 6.07) is 14.4. The normalized spacial score (nSPS) is 13.7. The number of rotatable bonds is 6. The number of hydrogen-bond acceptors (Lipinski definition) is 5. The van der Waals surface area contributed by atoms with Gasteiger partial charge in [-0.2, -0.15) is 0 Å². The molecule has 0 radical (unpaired) electrons. The zero-order chi connectivity index (χ0) is 22.0. The average Bonchev–Trinajstić information content (AvgIpc) is 3.07. The maximum Gasteiger partial charge on any atom is 0.231 e. The molecule has 1 heterocycles. The van der Waals surface area contributed by atoms with Crippen molar-refractivity contribution in [2.75, 3.05) is 14.2 Å². The average molecular weight is 441 g/mol. The van der Waals surface area contributed by atoms with Crippen LogP contribution in [0.15, 0.2) is 60.4 Å². The molecule has 31 heavy (non-hydrogen) atoms. The van der Waals surface area contributed by atoms with E-state index >= 15 is 0 Å².